The molecule has 0 aliphatic carbocycles. The Kier molecular flexibility index (Phi) is 1.72. The zero-order valence-electron chi connectivity index (χ0n) is 7.07. The second-order valence-electron chi connectivity index (χ2n) is 2.80. The number of isocyanates is 1. The van der Waals surface area contributed by atoms with Gasteiger partial charge in [-0.1, -0.05) is 0 Å². The maximum absolute atomic E-state index is 10.0. The predicted molar refractivity (Wildman–Crippen MR) is 48.7 cm³/mol. The van der Waals surface area contributed by atoms with Crippen LogP contribution < -0.4 is 0 Å². The molecule has 0 fully saturated rings. The van der Waals surface area contributed by atoms with Crippen molar-refractivity contribution in [1.82, 2.24) is 0 Å². The monoisotopic (exact) mass is 173 g/mol. The number of carbonyl (C=O) groups excluding carboxylic acids is 1. The van der Waals surface area contributed by atoms with Gasteiger partial charge in [0, 0.05) is 5.39 Å². The predicted octanol–water partition coefficient (Wildman–Crippen LogP) is 2.71. The van der Waals surface area contributed by atoms with E-state index in [1.165, 1.54) is 6.08 Å². The Labute approximate surface area is 74.7 Å². The summed E-state index contributed by atoms with van der Waals surface area (Å²) >= 11 is 0. The molecule has 2 aromatic rings. The number of aliphatic imine (C=N–C) groups is 1. The van der Waals surface area contributed by atoms with Crippen LogP contribution in [0.2, 0.25) is 0 Å². The van der Waals surface area contributed by atoms with E-state index in [2.05, 4.69) is 4.99 Å². The second kappa shape index (κ2) is 2.88. The first kappa shape index (κ1) is 7.77. The van der Waals surface area contributed by atoms with E-state index in [9.17, 15) is 4.79 Å². The summed E-state index contributed by atoms with van der Waals surface area (Å²) < 4.78 is 5.24. The molecule has 0 bridgehead atoms. The van der Waals surface area contributed by atoms with Gasteiger partial charge < -0.3 is 4.42 Å². The van der Waals surface area contributed by atoms with E-state index < -0.39 is 0 Å². The van der Waals surface area contributed by atoms with Crippen molar-refractivity contribution in [2.45, 2.75) is 6.92 Å². The molecular weight excluding hydrogens is 166 g/mol. The molecule has 0 saturated heterocycles. The van der Waals surface area contributed by atoms with E-state index in [-0.39, 0.29) is 0 Å². The number of fused-ring (bicyclic) bond motifs is 1. The summed E-state index contributed by atoms with van der Waals surface area (Å²) in [6, 6.07) is 5.31. The smallest absolute Gasteiger partial charge is 0.240 e. The molecule has 0 amide bonds. The largest absolute Gasteiger partial charge is 0.464 e. The van der Waals surface area contributed by atoms with Gasteiger partial charge in [-0.3, -0.25) is 0 Å². The molecule has 0 atom stereocenters. The zero-order valence-corrected chi connectivity index (χ0v) is 7.07. The molecule has 0 unspecified atom stereocenters. The fraction of sp³-hybridized carbons (Fsp3) is 0.100. The number of aryl methyl sites for hydroxylation is 1. The van der Waals surface area contributed by atoms with Crippen LogP contribution in [0.4, 0.5) is 5.69 Å². The number of rotatable bonds is 1. The third kappa shape index (κ3) is 1.25. The molecule has 2 rings (SSSR count). The van der Waals surface area contributed by atoms with E-state index in [1.807, 2.05) is 6.92 Å². The zero-order chi connectivity index (χ0) is 9.26. The summed E-state index contributed by atoms with van der Waals surface area (Å²) in [5, 5.41) is 0.983. The lowest BCUT2D eigenvalue weighted by atomic mass is 10.2. The highest BCUT2D eigenvalue weighted by atomic mass is 16.3. The molecule has 13 heavy (non-hydrogen) atoms. The minimum atomic E-state index is 0.604. The molecule has 0 saturated carbocycles. The summed E-state index contributed by atoms with van der Waals surface area (Å²) in [7, 11) is 0. The van der Waals surface area contributed by atoms with Gasteiger partial charge in [-0.05, 0) is 30.7 Å². The van der Waals surface area contributed by atoms with Crippen molar-refractivity contribution in [1.29, 1.82) is 0 Å². The van der Waals surface area contributed by atoms with Gasteiger partial charge in [0.2, 0.25) is 6.08 Å². The Morgan fingerprint density at radius 2 is 2.31 bits per heavy atom. The Balaban J connectivity index is 2.72. The van der Waals surface area contributed by atoms with Crippen LogP contribution in [0.25, 0.3) is 11.0 Å². The normalized spacial score (nSPS) is 9.92. The Bertz CT molecular complexity index is 493. The number of furan rings is 1. The minimum absolute atomic E-state index is 0.604. The topological polar surface area (TPSA) is 42.6 Å². The Hall–Kier alpha value is -1.86. The lowest BCUT2D eigenvalue weighted by Crippen LogP contribution is -1.68. The molecule has 0 spiro atoms. The van der Waals surface area contributed by atoms with Crippen LogP contribution in [0.5, 0.6) is 0 Å². The summed E-state index contributed by atoms with van der Waals surface area (Å²) in [5.74, 6) is 0. The van der Waals surface area contributed by atoms with E-state index in [0.29, 0.717) is 5.69 Å². The van der Waals surface area contributed by atoms with Crippen molar-refractivity contribution < 1.29 is 9.21 Å². The molecule has 0 aliphatic heterocycles. The van der Waals surface area contributed by atoms with Crippen molar-refractivity contribution in [2.75, 3.05) is 0 Å². The Morgan fingerprint density at radius 1 is 1.46 bits per heavy atom. The maximum Gasteiger partial charge on any atom is 0.240 e. The first-order valence-corrected chi connectivity index (χ1v) is 3.87. The summed E-state index contributed by atoms with van der Waals surface area (Å²) in [5.41, 5.74) is 2.45. The minimum Gasteiger partial charge on any atom is -0.464 e. The maximum atomic E-state index is 10.0. The van der Waals surface area contributed by atoms with E-state index in [1.54, 1.807) is 24.5 Å². The molecule has 3 nitrogen and oxygen atoms in total. The Morgan fingerprint density at radius 3 is 3.08 bits per heavy atom. The van der Waals surface area contributed by atoms with E-state index in [4.69, 9.17) is 4.42 Å². The molecule has 1 aromatic heterocycles. The van der Waals surface area contributed by atoms with Gasteiger partial charge >= 0.3 is 0 Å². The molecule has 1 aromatic carbocycles. The van der Waals surface area contributed by atoms with Crippen molar-refractivity contribution in [3.05, 3.63) is 30.0 Å². The number of benzene rings is 1. The molecule has 1 heterocycles. The van der Waals surface area contributed by atoms with Crippen LogP contribution in [0.3, 0.4) is 0 Å². The highest BCUT2D eigenvalue weighted by Gasteiger charge is 2.01. The third-order valence-corrected chi connectivity index (χ3v) is 1.93. The van der Waals surface area contributed by atoms with Crippen molar-refractivity contribution >= 4 is 22.7 Å². The first-order valence-electron chi connectivity index (χ1n) is 3.87. The fourth-order valence-corrected chi connectivity index (χ4v) is 1.27. The van der Waals surface area contributed by atoms with Crippen LogP contribution in [0.15, 0.2) is 33.9 Å². The van der Waals surface area contributed by atoms with Gasteiger partial charge in [0.25, 0.3) is 0 Å². The summed E-state index contributed by atoms with van der Waals surface area (Å²) in [6.45, 7) is 1.94. The lowest BCUT2D eigenvalue weighted by Gasteiger charge is -1.91. The van der Waals surface area contributed by atoms with Gasteiger partial charge in [0.15, 0.2) is 0 Å². The highest BCUT2D eigenvalue weighted by Crippen LogP contribution is 2.24. The highest BCUT2D eigenvalue weighted by molar-refractivity contribution is 5.84. The quantitative estimate of drug-likeness (QED) is 0.491. The lowest BCUT2D eigenvalue weighted by molar-refractivity contribution is 0.565. The fourth-order valence-electron chi connectivity index (χ4n) is 1.27. The number of hydrogen-bond donors (Lipinski definition) is 0. The summed E-state index contributed by atoms with van der Waals surface area (Å²) in [6.07, 6.45) is 3.18. The average molecular weight is 173 g/mol. The van der Waals surface area contributed by atoms with E-state index >= 15 is 0 Å². The van der Waals surface area contributed by atoms with Crippen molar-refractivity contribution in [2.24, 2.45) is 4.99 Å². The average Bonchev–Trinajstić information content (AvgIpc) is 2.49. The van der Waals surface area contributed by atoms with Crippen LogP contribution in [-0.2, 0) is 4.79 Å². The van der Waals surface area contributed by atoms with Crippen LogP contribution in [-0.4, -0.2) is 6.08 Å². The van der Waals surface area contributed by atoms with Crippen LogP contribution in [0, 0.1) is 6.92 Å². The second-order valence-corrected chi connectivity index (χ2v) is 2.80. The third-order valence-electron chi connectivity index (χ3n) is 1.93. The molecule has 3 heteroatoms. The van der Waals surface area contributed by atoms with E-state index in [0.717, 1.165) is 16.5 Å². The van der Waals surface area contributed by atoms with Crippen LogP contribution >= 0.6 is 0 Å². The SMILES string of the molecule is Cc1coc2ccc(N=C=O)cc12. The molecule has 0 N–H and O–H groups in total. The van der Waals surface area contributed by atoms with Gasteiger partial charge in [-0.25, -0.2) is 4.79 Å². The molecule has 0 aliphatic rings. The van der Waals surface area contributed by atoms with Gasteiger partial charge in [-0.2, -0.15) is 4.99 Å². The van der Waals surface area contributed by atoms with Gasteiger partial charge in [0.05, 0.1) is 12.0 Å². The van der Waals surface area contributed by atoms with Crippen molar-refractivity contribution in [3.8, 4) is 0 Å². The summed E-state index contributed by atoms with van der Waals surface area (Å²) in [4.78, 5) is 13.5. The molecule has 64 valence electrons. The standard InChI is InChI=1S/C10H7NO2/c1-7-5-13-10-3-2-8(11-6-12)4-9(7)10/h2-5H,1H3. The van der Waals surface area contributed by atoms with Gasteiger partial charge in [0.1, 0.15) is 5.58 Å². The first-order chi connectivity index (χ1) is 6.31. The number of nitrogens with zero attached hydrogens (tertiary/aromatic N) is 1. The van der Waals surface area contributed by atoms with Crippen molar-refractivity contribution in [3.63, 3.8) is 0 Å². The molecular formula is C10H7NO2. The van der Waals surface area contributed by atoms with Gasteiger partial charge in [-0.15, -0.1) is 0 Å². The van der Waals surface area contributed by atoms with Crippen LogP contribution in [0.1, 0.15) is 5.56 Å². The number of hydrogen-bond acceptors (Lipinski definition) is 3. The molecule has 0 radical (unpaired) electrons.